The molecule has 1 aromatic rings. The summed E-state index contributed by atoms with van der Waals surface area (Å²) in [6.07, 6.45) is 2.87. The molecule has 0 amide bonds. The number of rotatable bonds is 7. The molecule has 0 aliphatic carbocycles. The molecule has 0 saturated carbocycles. The zero-order valence-corrected chi connectivity index (χ0v) is 13.1. The van der Waals surface area contributed by atoms with Gasteiger partial charge in [-0.05, 0) is 44.5 Å². The van der Waals surface area contributed by atoms with Gasteiger partial charge in [0.25, 0.3) is 0 Å². The molecule has 0 radical (unpaired) electrons. The first-order chi connectivity index (χ1) is 8.98. The van der Waals surface area contributed by atoms with E-state index in [-0.39, 0.29) is 11.5 Å². The van der Waals surface area contributed by atoms with Gasteiger partial charge in [-0.15, -0.1) is 0 Å². The van der Waals surface area contributed by atoms with Crippen molar-refractivity contribution in [3.05, 3.63) is 34.9 Å². The Hall–Kier alpha value is -0.860. The van der Waals surface area contributed by atoms with E-state index in [1.54, 1.807) is 0 Å². The summed E-state index contributed by atoms with van der Waals surface area (Å²) in [7, 11) is 2.06. The van der Waals surface area contributed by atoms with E-state index in [2.05, 4.69) is 38.8 Å². The first kappa shape index (κ1) is 16.2. The number of hydrogen-bond acceptors (Lipinski definition) is 2. The first-order valence-electron chi connectivity index (χ1n) is 6.90. The van der Waals surface area contributed by atoms with Crippen LogP contribution in [0.1, 0.15) is 45.2 Å². The van der Waals surface area contributed by atoms with Gasteiger partial charge in [-0.2, -0.15) is 0 Å². The molecule has 0 saturated heterocycles. The summed E-state index contributed by atoms with van der Waals surface area (Å²) in [6, 6.07) is 8.16. The average Bonchev–Trinajstić information content (AvgIpc) is 2.44. The highest BCUT2D eigenvalue weighted by atomic mass is 35.5. The van der Waals surface area contributed by atoms with Crippen molar-refractivity contribution in [3.63, 3.8) is 0 Å². The molecular weight excluding hydrogens is 258 g/mol. The van der Waals surface area contributed by atoms with Crippen LogP contribution in [0.5, 0.6) is 0 Å². The van der Waals surface area contributed by atoms with E-state index < -0.39 is 0 Å². The largest absolute Gasteiger partial charge is 0.303 e. The number of halogens is 1. The highest BCUT2D eigenvalue weighted by molar-refractivity contribution is 6.30. The van der Waals surface area contributed by atoms with Crippen LogP contribution in [0.25, 0.3) is 0 Å². The molecule has 1 atom stereocenters. The molecule has 0 heterocycles. The molecular formula is C16H24ClNO. The molecule has 0 aliphatic heterocycles. The number of aldehydes is 1. The van der Waals surface area contributed by atoms with E-state index in [4.69, 9.17) is 11.6 Å². The molecule has 106 valence electrons. The molecule has 2 nitrogen and oxygen atoms in total. The molecule has 0 bridgehead atoms. The number of benzene rings is 1. The first-order valence-corrected chi connectivity index (χ1v) is 7.28. The molecule has 0 N–H and O–H groups in total. The minimum Gasteiger partial charge on any atom is -0.303 e. The molecule has 1 rings (SSSR count). The summed E-state index contributed by atoms with van der Waals surface area (Å²) in [6.45, 7) is 7.08. The van der Waals surface area contributed by atoms with Crippen LogP contribution in [0.4, 0.5) is 0 Å². The maximum absolute atomic E-state index is 11.4. The summed E-state index contributed by atoms with van der Waals surface area (Å²) in [5, 5.41) is 0.755. The number of hydrogen-bond donors (Lipinski definition) is 0. The van der Waals surface area contributed by atoms with Crippen molar-refractivity contribution in [2.75, 3.05) is 13.6 Å². The number of carbonyl (C=O) groups is 1. The smallest absolute Gasteiger partial charge is 0.127 e. The Labute approximate surface area is 121 Å². The lowest BCUT2D eigenvalue weighted by Crippen LogP contribution is -2.37. The van der Waals surface area contributed by atoms with Crippen LogP contribution in [0.15, 0.2) is 24.3 Å². The predicted octanol–water partition coefficient (Wildman–Crippen LogP) is 4.34. The van der Waals surface area contributed by atoms with Crippen LogP contribution in [0, 0.1) is 5.41 Å². The van der Waals surface area contributed by atoms with Crippen molar-refractivity contribution in [2.45, 2.75) is 39.7 Å². The van der Waals surface area contributed by atoms with Crippen molar-refractivity contribution in [1.82, 2.24) is 4.90 Å². The maximum Gasteiger partial charge on any atom is 0.127 e. The van der Waals surface area contributed by atoms with Crippen LogP contribution < -0.4 is 0 Å². The zero-order valence-electron chi connectivity index (χ0n) is 12.3. The molecule has 1 aromatic carbocycles. The Morgan fingerprint density at radius 1 is 1.37 bits per heavy atom. The van der Waals surface area contributed by atoms with Gasteiger partial charge < -0.3 is 4.79 Å². The van der Waals surface area contributed by atoms with E-state index >= 15 is 0 Å². The van der Waals surface area contributed by atoms with Gasteiger partial charge in [-0.25, -0.2) is 0 Å². The molecule has 19 heavy (non-hydrogen) atoms. The van der Waals surface area contributed by atoms with E-state index in [0.29, 0.717) is 0 Å². The Bertz CT molecular complexity index is 415. The Morgan fingerprint density at radius 2 is 2.00 bits per heavy atom. The third kappa shape index (κ3) is 4.05. The van der Waals surface area contributed by atoms with Crippen molar-refractivity contribution >= 4 is 17.9 Å². The fraction of sp³-hybridized carbons (Fsp3) is 0.562. The van der Waals surface area contributed by atoms with Gasteiger partial charge in [0.1, 0.15) is 6.29 Å². The van der Waals surface area contributed by atoms with Gasteiger partial charge in [0.2, 0.25) is 0 Å². The minimum absolute atomic E-state index is 0.235. The SMILES string of the molecule is CCC(C=O)(CC)CN(C)C(C)c1cccc(Cl)c1. The topological polar surface area (TPSA) is 20.3 Å². The second-order valence-corrected chi connectivity index (χ2v) is 5.77. The molecule has 1 unspecified atom stereocenters. The zero-order chi connectivity index (χ0) is 14.5. The summed E-state index contributed by atoms with van der Waals surface area (Å²) in [5.74, 6) is 0. The lowest BCUT2D eigenvalue weighted by molar-refractivity contribution is -0.117. The maximum atomic E-state index is 11.4. The van der Waals surface area contributed by atoms with E-state index in [9.17, 15) is 4.79 Å². The predicted molar refractivity (Wildman–Crippen MR) is 81.6 cm³/mol. The normalized spacial score (nSPS) is 13.6. The van der Waals surface area contributed by atoms with Gasteiger partial charge in [0.05, 0.1) is 0 Å². The molecule has 0 aliphatic rings. The highest BCUT2D eigenvalue weighted by Crippen LogP contribution is 2.29. The monoisotopic (exact) mass is 281 g/mol. The minimum atomic E-state index is -0.235. The lowest BCUT2D eigenvalue weighted by Gasteiger charge is -2.34. The van der Waals surface area contributed by atoms with E-state index in [1.165, 1.54) is 5.56 Å². The van der Waals surface area contributed by atoms with Gasteiger partial charge >= 0.3 is 0 Å². The van der Waals surface area contributed by atoms with Crippen molar-refractivity contribution in [1.29, 1.82) is 0 Å². The Morgan fingerprint density at radius 3 is 2.47 bits per heavy atom. The summed E-state index contributed by atoms with van der Waals surface area (Å²) in [4.78, 5) is 13.6. The van der Waals surface area contributed by atoms with Crippen LogP contribution in [-0.4, -0.2) is 24.8 Å². The quantitative estimate of drug-likeness (QED) is 0.693. The van der Waals surface area contributed by atoms with Crippen LogP contribution in [-0.2, 0) is 4.79 Å². The van der Waals surface area contributed by atoms with Gasteiger partial charge in [0.15, 0.2) is 0 Å². The second kappa shape index (κ2) is 7.06. The fourth-order valence-electron chi connectivity index (χ4n) is 2.33. The van der Waals surface area contributed by atoms with Crippen molar-refractivity contribution in [3.8, 4) is 0 Å². The summed E-state index contributed by atoms with van der Waals surface area (Å²) < 4.78 is 0. The van der Waals surface area contributed by atoms with Crippen LogP contribution >= 0.6 is 11.6 Å². The summed E-state index contributed by atoms with van der Waals surface area (Å²) in [5.41, 5.74) is 0.948. The molecule has 3 heteroatoms. The third-order valence-electron chi connectivity index (χ3n) is 4.21. The lowest BCUT2D eigenvalue weighted by atomic mass is 9.83. The second-order valence-electron chi connectivity index (χ2n) is 5.33. The molecule has 0 aromatic heterocycles. The van der Waals surface area contributed by atoms with Crippen LogP contribution in [0.2, 0.25) is 5.02 Å². The fourth-order valence-corrected chi connectivity index (χ4v) is 2.53. The average molecular weight is 282 g/mol. The highest BCUT2D eigenvalue weighted by Gasteiger charge is 2.28. The number of carbonyl (C=O) groups excluding carboxylic acids is 1. The van der Waals surface area contributed by atoms with Crippen LogP contribution in [0.3, 0.4) is 0 Å². The van der Waals surface area contributed by atoms with Crippen molar-refractivity contribution in [2.24, 2.45) is 5.41 Å². The Kier molecular flexibility index (Phi) is 6.02. The standard InChI is InChI=1S/C16H24ClNO/c1-5-16(6-2,12-19)11-18(4)13(3)14-8-7-9-15(17)10-14/h7-10,12-13H,5-6,11H2,1-4H3. The molecule has 0 spiro atoms. The third-order valence-corrected chi connectivity index (χ3v) is 4.45. The van der Waals surface area contributed by atoms with Gasteiger partial charge in [-0.3, -0.25) is 4.90 Å². The Balaban J connectivity index is 2.82. The van der Waals surface area contributed by atoms with E-state index in [1.807, 2.05) is 18.2 Å². The number of nitrogens with zero attached hydrogens (tertiary/aromatic N) is 1. The van der Waals surface area contributed by atoms with Gasteiger partial charge in [0, 0.05) is 23.0 Å². The van der Waals surface area contributed by atoms with Crippen molar-refractivity contribution < 1.29 is 4.79 Å². The summed E-state index contributed by atoms with van der Waals surface area (Å²) >= 11 is 6.03. The molecule has 0 fully saturated rings. The van der Waals surface area contributed by atoms with E-state index in [0.717, 1.165) is 30.7 Å². The van der Waals surface area contributed by atoms with Gasteiger partial charge in [-0.1, -0.05) is 37.6 Å².